The minimum atomic E-state index is -3.32. The Morgan fingerprint density at radius 1 is 1.23 bits per heavy atom. The summed E-state index contributed by atoms with van der Waals surface area (Å²) in [5.41, 5.74) is 3.19. The van der Waals surface area contributed by atoms with E-state index in [9.17, 15) is 13.2 Å². The third kappa shape index (κ3) is 4.02. The molecule has 2 aromatic rings. The fraction of sp³-hybridized carbons (Fsp3) is 0.316. The molecule has 7 heteroatoms. The molecule has 1 aliphatic heterocycles. The third-order valence-corrected chi connectivity index (χ3v) is 5.99. The zero-order valence-corrected chi connectivity index (χ0v) is 16.3. The van der Waals surface area contributed by atoms with Crippen molar-refractivity contribution in [2.75, 3.05) is 17.1 Å². The average molecular weight is 393 g/mol. The topological polar surface area (TPSA) is 66.5 Å². The zero-order valence-electron chi connectivity index (χ0n) is 14.7. The maximum atomic E-state index is 12.4. The summed E-state index contributed by atoms with van der Waals surface area (Å²) in [6.45, 7) is 2.39. The number of carbonyl (C=O) groups is 1. The van der Waals surface area contributed by atoms with Crippen molar-refractivity contribution in [3.05, 3.63) is 64.2 Å². The maximum absolute atomic E-state index is 12.4. The van der Waals surface area contributed by atoms with Crippen LogP contribution in [0.2, 0.25) is 5.02 Å². The summed E-state index contributed by atoms with van der Waals surface area (Å²) in [4.78, 5) is 12.4. The van der Waals surface area contributed by atoms with E-state index in [2.05, 4.69) is 5.32 Å². The molecule has 1 N–H and O–H groups in total. The molecule has 1 heterocycles. The number of fused-ring (bicyclic) bond motifs is 1. The minimum absolute atomic E-state index is 0.136. The minimum Gasteiger partial charge on any atom is -0.352 e. The highest BCUT2D eigenvalue weighted by Gasteiger charge is 2.32. The number of sulfonamides is 1. The van der Waals surface area contributed by atoms with E-state index < -0.39 is 10.0 Å². The lowest BCUT2D eigenvalue weighted by Crippen LogP contribution is -2.34. The average Bonchev–Trinajstić information content (AvgIpc) is 2.91. The van der Waals surface area contributed by atoms with Crippen LogP contribution < -0.4 is 9.62 Å². The Kier molecular flexibility index (Phi) is 5.25. The first kappa shape index (κ1) is 18.7. The van der Waals surface area contributed by atoms with E-state index in [1.165, 1.54) is 10.6 Å². The summed E-state index contributed by atoms with van der Waals surface area (Å²) in [5.74, 6) is -0.160. The van der Waals surface area contributed by atoms with Gasteiger partial charge in [0.1, 0.15) is 0 Å². The van der Waals surface area contributed by atoms with Crippen molar-refractivity contribution < 1.29 is 13.2 Å². The molecule has 3 rings (SSSR count). The lowest BCUT2D eigenvalue weighted by Gasteiger charge is -2.21. The molecule has 26 heavy (non-hydrogen) atoms. The summed E-state index contributed by atoms with van der Waals surface area (Å²) in [6.07, 6.45) is 2.52. The van der Waals surface area contributed by atoms with Crippen molar-refractivity contribution in [3.8, 4) is 0 Å². The molecule has 0 saturated heterocycles. The SMILES string of the molecule is C[C@H]1Cc2cc(C(=O)NCCc3ccc(Cl)cc3)ccc2N1S(C)(=O)=O. The van der Waals surface area contributed by atoms with E-state index in [-0.39, 0.29) is 11.9 Å². The van der Waals surface area contributed by atoms with Gasteiger partial charge in [-0.15, -0.1) is 0 Å². The fourth-order valence-electron chi connectivity index (χ4n) is 3.32. The monoisotopic (exact) mass is 392 g/mol. The summed E-state index contributed by atoms with van der Waals surface area (Å²) >= 11 is 5.86. The molecule has 1 aliphatic rings. The van der Waals surface area contributed by atoms with E-state index >= 15 is 0 Å². The highest BCUT2D eigenvalue weighted by atomic mass is 35.5. The Morgan fingerprint density at radius 3 is 2.58 bits per heavy atom. The third-order valence-electron chi connectivity index (χ3n) is 4.46. The van der Waals surface area contributed by atoms with Crippen molar-refractivity contribution in [1.82, 2.24) is 5.32 Å². The Hall–Kier alpha value is -2.05. The van der Waals surface area contributed by atoms with Crippen LogP contribution in [0.25, 0.3) is 0 Å². The predicted molar refractivity (Wildman–Crippen MR) is 104 cm³/mol. The highest BCUT2D eigenvalue weighted by Crippen LogP contribution is 2.34. The maximum Gasteiger partial charge on any atom is 0.251 e. The van der Waals surface area contributed by atoms with Crippen molar-refractivity contribution in [2.45, 2.75) is 25.8 Å². The number of anilines is 1. The highest BCUT2D eigenvalue weighted by molar-refractivity contribution is 7.92. The molecule has 5 nitrogen and oxygen atoms in total. The van der Waals surface area contributed by atoms with Crippen LogP contribution in [0.15, 0.2) is 42.5 Å². The predicted octanol–water partition coefficient (Wildman–Crippen LogP) is 3.02. The second-order valence-corrected chi connectivity index (χ2v) is 8.88. The first-order chi connectivity index (χ1) is 12.3. The molecular weight excluding hydrogens is 372 g/mol. The standard InChI is InChI=1S/C19H21ClN2O3S/c1-13-11-16-12-15(5-8-18(16)22(13)26(2,24)25)19(23)21-10-9-14-3-6-17(20)7-4-14/h3-8,12-13H,9-11H2,1-2H3,(H,21,23)/t13-/m0/s1. The van der Waals surface area contributed by atoms with Gasteiger partial charge < -0.3 is 5.32 Å². The molecule has 2 aromatic carbocycles. The summed E-state index contributed by atoms with van der Waals surface area (Å²) < 4.78 is 25.3. The van der Waals surface area contributed by atoms with Gasteiger partial charge in [-0.25, -0.2) is 8.42 Å². The van der Waals surface area contributed by atoms with Gasteiger partial charge in [0.2, 0.25) is 10.0 Å². The second kappa shape index (κ2) is 7.29. The van der Waals surface area contributed by atoms with Crippen LogP contribution in [-0.2, 0) is 22.9 Å². The number of benzene rings is 2. The fourth-order valence-corrected chi connectivity index (χ4v) is 4.71. The van der Waals surface area contributed by atoms with Crippen molar-refractivity contribution in [3.63, 3.8) is 0 Å². The van der Waals surface area contributed by atoms with E-state index in [1.807, 2.05) is 31.2 Å². The molecule has 0 aromatic heterocycles. The quantitative estimate of drug-likeness (QED) is 0.850. The number of carbonyl (C=O) groups excluding carboxylic acids is 1. The van der Waals surface area contributed by atoms with Crippen LogP contribution in [0.4, 0.5) is 5.69 Å². The normalized spacial score (nSPS) is 16.4. The number of amides is 1. The first-order valence-electron chi connectivity index (χ1n) is 8.40. The van der Waals surface area contributed by atoms with Crippen LogP contribution in [0.3, 0.4) is 0 Å². The van der Waals surface area contributed by atoms with Gasteiger partial charge in [0, 0.05) is 23.2 Å². The Balaban J connectivity index is 1.66. The van der Waals surface area contributed by atoms with Gasteiger partial charge in [-0.05, 0) is 61.2 Å². The van der Waals surface area contributed by atoms with Gasteiger partial charge in [-0.2, -0.15) is 0 Å². The van der Waals surface area contributed by atoms with Gasteiger partial charge in [0.25, 0.3) is 5.91 Å². The second-order valence-electron chi connectivity index (χ2n) is 6.59. The molecule has 0 bridgehead atoms. The molecule has 0 unspecified atom stereocenters. The molecule has 0 radical (unpaired) electrons. The lowest BCUT2D eigenvalue weighted by molar-refractivity contribution is 0.0954. The van der Waals surface area contributed by atoms with Gasteiger partial charge in [0.15, 0.2) is 0 Å². The van der Waals surface area contributed by atoms with Crippen LogP contribution in [-0.4, -0.2) is 33.2 Å². The number of hydrogen-bond acceptors (Lipinski definition) is 3. The van der Waals surface area contributed by atoms with Gasteiger partial charge in [0.05, 0.1) is 11.9 Å². The molecule has 0 spiro atoms. The first-order valence-corrected chi connectivity index (χ1v) is 10.6. The number of halogens is 1. The Bertz CT molecular complexity index is 926. The van der Waals surface area contributed by atoms with Crippen molar-refractivity contribution >= 4 is 33.2 Å². The van der Waals surface area contributed by atoms with Crippen LogP contribution in [0.5, 0.6) is 0 Å². The largest absolute Gasteiger partial charge is 0.352 e. The van der Waals surface area contributed by atoms with Crippen LogP contribution in [0, 0.1) is 0 Å². The van der Waals surface area contributed by atoms with Gasteiger partial charge in [-0.3, -0.25) is 9.10 Å². The molecule has 1 atom stereocenters. The van der Waals surface area contributed by atoms with Crippen LogP contribution in [0.1, 0.15) is 28.4 Å². The van der Waals surface area contributed by atoms with E-state index in [0.29, 0.717) is 35.7 Å². The van der Waals surface area contributed by atoms with Gasteiger partial charge in [-0.1, -0.05) is 23.7 Å². The smallest absolute Gasteiger partial charge is 0.251 e. The van der Waals surface area contributed by atoms with Crippen LogP contribution >= 0.6 is 11.6 Å². The molecule has 0 fully saturated rings. The number of rotatable bonds is 5. The van der Waals surface area contributed by atoms with Gasteiger partial charge >= 0.3 is 0 Å². The molecule has 1 amide bonds. The molecule has 0 saturated carbocycles. The Morgan fingerprint density at radius 2 is 1.92 bits per heavy atom. The van der Waals surface area contributed by atoms with Crippen molar-refractivity contribution in [1.29, 1.82) is 0 Å². The summed E-state index contributed by atoms with van der Waals surface area (Å²) in [7, 11) is -3.32. The van der Waals surface area contributed by atoms with E-state index in [4.69, 9.17) is 11.6 Å². The number of nitrogens with zero attached hydrogens (tertiary/aromatic N) is 1. The number of nitrogens with one attached hydrogen (secondary N) is 1. The summed E-state index contributed by atoms with van der Waals surface area (Å²) in [5, 5.41) is 3.59. The van der Waals surface area contributed by atoms with E-state index in [0.717, 1.165) is 11.1 Å². The lowest BCUT2D eigenvalue weighted by atomic mass is 10.1. The molecule has 138 valence electrons. The Labute approximate surface area is 159 Å². The summed E-state index contributed by atoms with van der Waals surface area (Å²) in [6, 6.07) is 12.6. The number of hydrogen-bond donors (Lipinski definition) is 1. The van der Waals surface area contributed by atoms with E-state index in [1.54, 1.807) is 18.2 Å². The molecular formula is C19H21ClN2O3S. The van der Waals surface area contributed by atoms with Crippen molar-refractivity contribution in [2.24, 2.45) is 0 Å². The zero-order chi connectivity index (χ0) is 18.9. The molecule has 0 aliphatic carbocycles.